The lowest BCUT2D eigenvalue weighted by Crippen LogP contribution is -2.37. The number of alkyl halides is 5. The minimum absolute atomic E-state index is 0.0868. The zero-order valence-corrected chi connectivity index (χ0v) is 24.1. The van der Waals surface area contributed by atoms with Gasteiger partial charge in [-0.25, -0.2) is 18.3 Å². The van der Waals surface area contributed by atoms with Crippen molar-refractivity contribution in [1.29, 1.82) is 0 Å². The lowest BCUT2D eigenvalue weighted by atomic mass is 9.80. The van der Waals surface area contributed by atoms with Crippen molar-refractivity contribution in [1.82, 2.24) is 30.2 Å². The van der Waals surface area contributed by atoms with Crippen LogP contribution in [0.15, 0.2) is 36.9 Å². The second-order valence-electron chi connectivity index (χ2n) is 12.5. The van der Waals surface area contributed by atoms with Gasteiger partial charge in [-0.05, 0) is 79.5 Å². The summed E-state index contributed by atoms with van der Waals surface area (Å²) in [5.74, 6) is -3.59. The van der Waals surface area contributed by atoms with Gasteiger partial charge in [-0.2, -0.15) is 18.3 Å². The summed E-state index contributed by atoms with van der Waals surface area (Å²) in [5, 5.41) is 10.2. The van der Waals surface area contributed by atoms with Gasteiger partial charge in [0.25, 0.3) is 5.91 Å². The molecule has 0 spiro atoms. The van der Waals surface area contributed by atoms with E-state index < -0.39 is 42.9 Å². The van der Waals surface area contributed by atoms with E-state index in [9.17, 15) is 31.5 Å². The second-order valence-corrected chi connectivity index (χ2v) is 12.5. The molecule has 44 heavy (non-hydrogen) atoms. The highest BCUT2D eigenvalue weighted by Gasteiger charge is 2.40. The fourth-order valence-corrected chi connectivity index (χ4v) is 6.23. The van der Waals surface area contributed by atoms with Gasteiger partial charge in [0.15, 0.2) is 5.65 Å². The summed E-state index contributed by atoms with van der Waals surface area (Å²) < 4.78 is 67.6. The van der Waals surface area contributed by atoms with Crippen molar-refractivity contribution in [2.75, 3.05) is 0 Å². The van der Waals surface area contributed by atoms with Gasteiger partial charge in [0.1, 0.15) is 0 Å². The summed E-state index contributed by atoms with van der Waals surface area (Å²) in [6, 6.07) is 2.41. The number of rotatable bonds is 10. The highest BCUT2D eigenvalue weighted by Crippen LogP contribution is 2.43. The Morgan fingerprint density at radius 3 is 2.34 bits per heavy atom. The Labute approximate surface area is 251 Å². The Morgan fingerprint density at radius 2 is 1.68 bits per heavy atom. The van der Waals surface area contributed by atoms with Crippen molar-refractivity contribution in [3.8, 4) is 0 Å². The van der Waals surface area contributed by atoms with Crippen LogP contribution in [0.3, 0.4) is 0 Å². The molecular formula is C31H35F5N6O2. The van der Waals surface area contributed by atoms with Gasteiger partial charge in [-0.3, -0.25) is 14.6 Å². The van der Waals surface area contributed by atoms with E-state index in [4.69, 9.17) is 4.98 Å². The lowest BCUT2D eigenvalue weighted by molar-refractivity contribution is -0.144. The van der Waals surface area contributed by atoms with E-state index in [2.05, 4.69) is 20.7 Å². The van der Waals surface area contributed by atoms with Crippen LogP contribution >= 0.6 is 0 Å². The van der Waals surface area contributed by atoms with Gasteiger partial charge >= 0.3 is 6.18 Å². The van der Waals surface area contributed by atoms with E-state index in [0.717, 1.165) is 37.7 Å². The van der Waals surface area contributed by atoms with Gasteiger partial charge in [0, 0.05) is 31.7 Å². The van der Waals surface area contributed by atoms with Crippen molar-refractivity contribution in [2.24, 2.45) is 11.8 Å². The molecule has 8 nitrogen and oxygen atoms in total. The maximum absolute atomic E-state index is 14.1. The van der Waals surface area contributed by atoms with Crippen LogP contribution in [-0.2, 0) is 4.79 Å². The SMILES string of the molecule is O=C(CCC(F)(F)F)NC(c1cnn2cc([C@@H](NC(=O)c3cncc(C4CCC4)c3)C3CCC(F)(F)CC3)nc2c1)C1CC1. The minimum atomic E-state index is -4.42. The van der Waals surface area contributed by atoms with Crippen molar-refractivity contribution >= 4 is 17.5 Å². The number of aromatic nitrogens is 4. The predicted molar refractivity (Wildman–Crippen MR) is 150 cm³/mol. The molecule has 3 aliphatic rings. The summed E-state index contributed by atoms with van der Waals surface area (Å²) in [4.78, 5) is 34.8. The summed E-state index contributed by atoms with van der Waals surface area (Å²) in [6.07, 6.45) is 4.98. The van der Waals surface area contributed by atoms with Gasteiger partial charge in [-0.1, -0.05) is 6.42 Å². The third kappa shape index (κ3) is 7.18. The zero-order valence-electron chi connectivity index (χ0n) is 24.1. The molecule has 2 amide bonds. The Kier molecular flexibility index (Phi) is 8.31. The number of halogens is 5. The average Bonchev–Trinajstić information content (AvgIpc) is 3.70. The number of carbonyl (C=O) groups is 2. The molecular weight excluding hydrogens is 583 g/mol. The lowest BCUT2D eigenvalue weighted by Gasteiger charge is -2.33. The number of nitrogens with one attached hydrogen (secondary N) is 2. The first-order chi connectivity index (χ1) is 20.9. The van der Waals surface area contributed by atoms with Gasteiger partial charge < -0.3 is 10.6 Å². The standard InChI is InChI=1S/C31H35F5N6O2/c32-30(33)9-6-20(7-10-30)28(41-29(44)23-12-21(14-37-15-23)18-2-1-3-18)24-17-42-25(39-24)13-22(16-38-42)27(19-4-5-19)40-26(43)8-11-31(34,35)36/h12-20,27-28H,1-11H2,(H,40,43)(H,41,44)/t27?,28-/m0/s1. The molecule has 13 heteroatoms. The molecule has 3 heterocycles. The van der Waals surface area contributed by atoms with Crippen molar-refractivity contribution < 1.29 is 31.5 Å². The number of amides is 2. The van der Waals surface area contributed by atoms with Crippen molar-refractivity contribution in [3.05, 3.63) is 59.3 Å². The normalized spacial score (nSPS) is 20.6. The molecule has 0 saturated heterocycles. The topological polar surface area (TPSA) is 101 Å². The fraction of sp³-hybridized carbons (Fsp3) is 0.581. The van der Waals surface area contributed by atoms with Gasteiger partial charge in [0.05, 0.1) is 42.2 Å². The summed E-state index contributed by atoms with van der Waals surface area (Å²) >= 11 is 0. The summed E-state index contributed by atoms with van der Waals surface area (Å²) in [6.45, 7) is 0. The molecule has 0 aliphatic heterocycles. The van der Waals surface area contributed by atoms with Crippen LogP contribution in [0.1, 0.15) is 116 Å². The largest absolute Gasteiger partial charge is 0.389 e. The van der Waals surface area contributed by atoms with E-state index in [1.165, 1.54) is 10.7 Å². The van der Waals surface area contributed by atoms with Crippen LogP contribution in [0.4, 0.5) is 22.0 Å². The number of fused-ring (bicyclic) bond motifs is 1. The van der Waals surface area contributed by atoms with E-state index in [1.54, 1.807) is 24.7 Å². The van der Waals surface area contributed by atoms with E-state index in [-0.39, 0.29) is 43.4 Å². The molecule has 236 valence electrons. The highest BCUT2D eigenvalue weighted by molar-refractivity contribution is 5.94. The number of carbonyl (C=O) groups excluding carboxylic acids is 2. The smallest absolute Gasteiger partial charge is 0.349 e. The highest BCUT2D eigenvalue weighted by atomic mass is 19.4. The molecule has 2 N–H and O–H groups in total. The molecule has 3 aromatic rings. The quantitative estimate of drug-likeness (QED) is 0.250. The molecule has 3 fully saturated rings. The van der Waals surface area contributed by atoms with E-state index in [1.807, 2.05) is 6.07 Å². The Bertz CT molecular complexity index is 1510. The fourth-order valence-electron chi connectivity index (χ4n) is 6.23. The summed E-state index contributed by atoms with van der Waals surface area (Å²) in [5.41, 5.74) is 2.92. The van der Waals surface area contributed by atoms with Gasteiger partial charge in [0.2, 0.25) is 11.8 Å². The minimum Gasteiger partial charge on any atom is -0.349 e. The van der Waals surface area contributed by atoms with E-state index >= 15 is 0 Å². The number of nitrogens with zero attached hydrogens (tertiary/aromatic N) is 4. The molecule has 0 bridgehead atoms. The molecule has 3 saturated carbocycles. The number of pyridine rings is 1. The third-order valence-corrected chi connectivity index (χ3v) is 9.20. The van der Waals surface area contributed by atoms with Crippen LogP contribution in [0.25, 0.3) is 5.65 Å². The van der Waals surface area contributed by atoms with Crippen LogP contribution < -0.4 is 10.6 Å². The van der Waals surface area contributed by atoms with Crippen LogP contribution in [-0.4, -0.2) is 43.5 Å². The zero-order chi connectivity index (χ0) is 31.1. The molecule has 1 unspecified atom stereocenters. The Balaban J connectivity index is 1.24. The maximum atomic E-state index is 14.1. The predicted octanol–water partition coefficient (Wildman–Crippen LogP) is 6.60. The van der Waals surface area contributed by atoms with Crippen molar-refractivity contribution in [2.45, 2.75) is 101 Å². The Hall–Kier alpha value is -3.64. The van der Waals surface area contributed by atoms with E-state index in [0.29, 0.717) is 28.4 Å². The first kappa shape index (κ1) is 30.4. The molecule has 6 rings (SSSR count). The maximum Gasteiger partial charge on any atom is 0.389 e. The number of imidazole rings is 1. The number of hydrogen-bond donors (Lipinski definition) is 2. The second kappa shape index (κ2) is 12.0. The van der Waals surface area contributed by atoms with Crippen LogP contribution in [0, 0.1) is 11.8 Å². The number of hydrogen-bond acceptors (Lipinski definition) is 5. The molecule has 0 radical (unpaired) electrons. The monoisotopic (exact) mass is 618 g/mol. The molecule has 3 aliphatic carbocycles. The van der Waals surface area contributed by atoms with Crippen LogP contribution in [0.5, 0.6) is 0 Å². The molecule has 2 atom stereocenters. The van der Waals surface area contributed by atoms with Crippen molar-refractivity contribution in [3.63, 3.8) is 0 Å². The van der Waals surface area contributed by atoms with Gasteiger partial charge in [-0.15, -0.1) is 0 Å². The summed E-state index contributed by atoms with van der Waals surface area (Å²) in [7, 11) is 0. The average molecular weight is 619 g/mol. The molecule has 0 aromatic carbocycles. The Morgan fingerprint density at radius 1 is 0.955 bits per heavy atom. The third-order valence-electron chi connectivity index (χ3n) is 9.20. The van der Waals surface area contributed by atoms with Crippen LogP contribution in [0.2, 0.25) is 0 Å². The first-order valence-electron chi connectivity index (χ1n) is 15.3. The molecule has 3 aromatic heterocycles. The first-order valence-corrected chi connectivity index (χ1v) is 15.3.